The van der Waals surface area contributed by atoms with E-state index in [9.17, 15) is 9.59 Å². The maximum absolute atomic E-state index is 13.2. The number of ether oxygens (including phenoxy) is 1. The third-order valence-corrected chi connectivity index (χ3v) is 6.37. The minimum absolute atomic E-state index is 0.135. The molecule has 0 bridgehead atoms. The molecule has 4 heterocycles. The van der Waals surface area contributed by atoms with Gasteiger partial charge in [-0.1, -0.05) is 17.7 Å². The van der Waals surface area contributed by atoms with Crippen LogP contribution in [0.3, 0.4) is 0 Å². The molecule has 9 heteroatoms. The van der Waals surface area contributed by atoms with E-state index in [0.717, 1.165) is 17.7 Å². The van der Waals surface area contributed by atoms with Gasteiger partial charge in [-0.3, -0.25) is 9.69 Å². The zero-order chi connectivity index (χ0) is 22.8. The number of pyridine rings is 1. The van der Waals surface area contributed by atoms with Gasteiger partial charge in [0.05, 0.1) is 12.2 Å². The van der Waals surface area contributed by atoms with Gasteiger partial charge in [0.1, 0.15) is 17.6 Å². The normalized spacial score (nSPS) is 20.6. The summed E-state index contributed by atoms with van der Waals surface area (Å²) in [5.41, 5.74) is 1.92. The van der Waals surface area contributed by atoms with Crippen molar-refractivity contribution < 1.29 is 14.3 Å². The number of carbonyl (C=O) groups excluding carboxylic acids is 2. The number of rotatable bonds is 3. The minimum atomic E-state index is -0.609. The van der Waals surface area contributed by atoms with Gasteiger partial charge >= 0.3 is 6.09 Å². The molecule has 1 atom stereocenters. The molecule has 2 aliphatic rings. The second-order valence-corrected chi connectivity index (χ2v) is 8.73. The zero-order valence-corrected chi connectivity index (χ0v) is 18.6. The zero-order valence-electron chi connectivity index (χ0n) is 17.9. The fourth-order valence-corrected chi connectivity index (χ4v) is 4.51. The molecule has 0 N–H and O–H groups in total. The molecule has 3 aromatic rings. The summed E-state index contributed by atoms with van der Waals surface area (Å²) in [5, 5.41) is 0.613. The standard InChI is InChI=1S/C24H22ClN5O3/c25-18-5-7-19(8-6-18)30-15-24(33-23(30)32)9-2-11-29(12-10-24)22(31)21-4-1-3-20(28-21)17-13-26-16-27-14-17/h1,3-8,13-14,16H,2,9-12,15H2/t24-/m0/s1. The molecule has 2 aromatic heterocycles. The quantitative estimate of drug-likeness (QED) is 0.578. The van der Waals surface area contributed by atoms with Gasteiger partial charge < -0.3 is 9.64 Å². The van der Waals surface area contributed by atoms with Crippen LogP contribution in [0.5, 0.6) is 0 Å². The summed E-state index contributed by atoms with van der Waals surface area (Å²) in [6, 6.07) is 12.5. The van der Waals surface area contributed by atoms with Crippen molar-refractivity contribution in [3.63, 3.8) is 0 Å². The summed E-state index contributed by atoms with van der Waals surface area (Å²) in [7, 11) is 0. The van der Waals surface area contributed by atoms with Gasteiger partial charge in [-0.25, -0.2) is 19.7 Å². The number of halogens is 1. The number of amides is 2. The first kappa shape index (κ1) is 21.3. The van der Waals surface area contributed by atoms with Crippen LogP contribution >= 0.6 is 11.6 Å². The van der Waals surface area contributed by atoms with Gasteiger partial charge in [-0.15, -0.1) is 0 Å². The Morgan fingerprint density at radius 2 is 1.82 bits per heavy atom. The average molecular weight is 464 g/mol. The average Bonchev–Trinajstić information content (AvgIpc) is 3.03. The molecule has 33 heavy (non-hydrogen) atoms. The molecule has 2 fully saturated rings. The lowest BCUT2D eigenvalue weighted by Gasteiger charge is -2.25. The summed E-state index contributed by atoms with van der Waals surface area (Å²) in [6.45, 7) is 1.53. The number of nitrogens with zero attached hydrogens (tertiary/aromatic N) is 5. The Hall–Kier alpha value is -3.52. The summed E-state index contributed by atoms with van der Waals surface area (Å²) < 4.78 is 5.86. The first-order valence-corrected chi connectivity index (χ1v) is 11.2. The highest BCUT2D eigenvalue weighted by Crippen LogP contribution is 2.36. The number of aromatic nitrogens is 3. The van der Waals surface area contributed by atoms with Crippen LogP contribution in [-0.2, 0) is 4.74 Å². The third kappa shape index (κ3) is 4.39. The molecule has 1 aromatic carbocycles. The van der Waals surface area contributed by atoms with Gasteiger partial charge in [0.2, 0.25) is 0 Å². The van der Waals surface area contributed by atoms with E-state index in [0.29, 0.717) is 48.9 Å². The monoisotopic (exact) mass is 463 g/mol. The van der Waals surface area contributed by atoms with Crippen LogP contribution in [0.25, 0.3) is 11.3 Å². The smallest absolute Gasteiger partial charge is 0.415 e. The topological polar surface area (TPSA) is 88.5 Å². The second kappa shape index (κ2) is 8.78. The molecule has 168 valence electrons. The van der Waals surface area contributed by atoms with Crippen LogP contribution in [0.15, 0.2) is 61.2 Å². The van der Waals surface area contributed by atoms with Crippen molar-refractivity contribution in [3.05, 3.63) is 71.9 Å². The third-order valence-electron chi connectivity index (χ3n) is 6.12. The second-order valence-electron chi connectivity index (χ2n) is 8.29. The van der Waals surface area contributed by atoms with Crippen molar-refractivity contribution in [3.8, 4) is 11.3 Å². The molecule has 0 aliphatic carbocycles. The Morgan fingerprint density at radius 3 is 2.61 bits per heavy atom. The lowest BCUT2D eigenvalue weighted by atomic mass is 9.95. The molecule has 1 spiro atoms. The number of carbonyl (C=O) groups is 2. The molecule has 0 unspecified atom stereocenters. The van der Waals surface area contributed by atoms with Gasteiger partial charge in [-0.05, 0) is 49.2 Å². The van der Waals surface area contributed by atoms with Crippen LogP contribution in [0, 0.1) is 0 Å². The summed E-state index contributed by atoms with van der Waals surface area (Å²) in [6.07, 6.45) is 6.43. The first-order valence-electron chi connectivity index (χ1n) is 10.8. The Balaban J connectivity index is 1.29. The lowest BCUT2D eigenvalue weighted by molar-refractivity contribution is 0.0438. The van der Waals surface area contributed by atoms with Crippen molar-refractivity contribution in [2.24, 2.45) is 0 Å². The Bertz CT molecular complexity index is 1170. The van der Waals surface area contributed by atoms with Crippen molar-refractivity contribution in [1.82, 2.24) is 19.9 Å². The van der Waals surface area contributed by atoms with E-state index in [1.165, 1.54) is 6.33 Å². The Kier molecular flexibility index (Phi) is 5.68. The van der Waals surface area contributed by atoms with Crippen molar-refractivity contribution >= 4 is 29.3 Å². The number of anilines is 1. The molecule has 2 aliphatic heterocycles. The molecule has 0 radical (unpaired) electrons. The van der Waals surface area contributed by atoms with Crippen molar-refractivity contribution in [2.45, 2.75) is 24.9 Å². The van der Waals surface area contributed by atoms with E-state index in [4.69, 9.17) is 16.3 Å². The highest BCUT2D eigenvalue weighted by molar-refractivity contribution is 6.30. The van der Waals surface area contributed by atoms with Gasteiger partial charge in [0.25, 0.3) is 5.91 Å². The molecular weight excluding hydrogens is 442 g/mol. The maximum Gasteiger partial charge on any atom is 0.415 e. The lowest BCUT2D eigenvalue weighted by Crippen LogP contribution is -2.37. The van der Waals surface area contributed by atoms with Crippen LogP contribution in [0.4, 0.5) is 10.5 Å². The predicted octanol–water partition coefficient (Wildman–Crippen LogP) is 4.21. The highest BCUT2D eigenvalue weighted by Gasteiger charge is 2.46. The summed E-state index contributed by atoms with van der Waals surface area (Å²) >= 11 is 5.98. The maximum atomic E-state index is 13.2. The summed E-state index contributed by atoms with van der Waals surface area (Å²) in [4.78, 5) is 41.8. The first-order chi connectivity index (χ1) is 16.0. The molecule has 2 amide bonds. The van der Waals surface area contributed by atoms with E-state index in [2.05, 4.69) is 15.0 Å². The molecular formula is C24H22ClN5O3. The Morgan fingerprint density at radius 1 is 1.03 bits per heavy atom. The largest absolute Gasteiger partial charge is 0.441 e. The van der Waals surface area contributed by atoms with Crippen molar-refractivity contribution in [1.29, 1.82) is 0 Å². The van der Waals surface area contributed by atoms with Crippen molar-refractivity contribution in [2.75, 3.05) is 24.5 Å². The predicted molar refractivity (Wildman–Crippen MR) is 123 cm³/mol. The molecule has 5 rings (SSSR count). The fraction of sp³-hybridized carbons (Fsp3) is 0.292. The number of hydrogen-bond donors (Lipinski definition) is 0. The van der Waals surface area contributed by atoms with Gasteiger partial charge in [-0.2, -0.15) is 0 Å². The molecule has 0 saturated carbocycles. The van der Waals surface area contributed by atoms with Gasteiger partial charge in [0.15, 0.2) is 0 Å². The number of benzene rings is 1. The van der Waals surface area contributed by atoms with E-state index < -0.39 is 5.60 Å². The fourth-order valence-electron chi connectivity index (χ4n) is 4.38. The van der Waals surface area contributed by atoms with Crippen LogP contribution in [0.2, 0.25) is 5.02 Å². The Labute approximate surface area is 196 Å². The van der Waals surface area contributed by atoms with E-state index in [1.807, 2.05) is 24.3 Å². The van der Waals surface area contributed by atoms with Gasteiger partial charge in [0, 0.05) is 48.2 Å². The number of likely N-dealkylation sites (tertiary alicyclic amines) is 1. The minimum Gasteiger partial charge on any atom is -0.441 e. The van der Waals surface area contributed by atoms with Crippen LogP contribution < -0.4 is 4.90 Å². The van der Waals surface area contributed by atoms with E-state index in [1.54, 1.807) is 40.4 Å². The highest BCUT2D eigenvalue weighted by atomic mass is 35.5. The van der Waals surface area contributed by atoms with E-state index in [-0.39, 0.29) is 12.0 Å². The SMILES string of the molecule is O=C(c1cccc(-c2cncnc2)n1)N1CCC[C@]2(CC1)CN(c1ccc(Cl)cc1)C(=O)O2. The molecule has 8 nitrogen and oxygen atoms in total. The van der Waals surface area contributed by atoms with Crippen LogP contribution in [0.1, 0.15) is 29.8 Å². The van der Waals surface area contributed by atoms with Crippen LogP contribution in [-0.4, -0.2) is 57.1 Å². The summed E-state index contributed by atoms with van der Waals surface area (Å²) in [5.74, 6) is -0.135. The van der Waals surface area contributed by atoms with E-state index >= 15 is 0 Å². The number of hydrogen-bond acceptors (Lipinski definition) is 6. The molecule has 2 saturated heterocycles.